The zero-order chi connectivity index (χ0) is 21.1. The van der Waals surface area contributed by atoms with Crippen LogP contribution in [0.15, 0.2) is 53.4 Å². The number of rotatable bonds is 10. The number of hydrogen-bond acceptors (Lipinski definition) is 5. The highest BCUT2D eigenvalue weighted by atomic mass is 32.2. The molecular weight excluding hydrogens is 388 g/mol. The van der Waals surface area contributed by atoms with Crippen molar-refractivity contribution in [3.05, 3.63) is 59.7 Å². The summed E-state index contributed by atoms with van der Waals surface area (Å²) in [5.41, 5.74) is 2.93. The van der Waals surface area contributed by atoms with Crippen LogP contribution in [0.5, 0.6) is 0 Å². The number of amides is 2. The van der Waals surface area contributed by atoms with Gasteiger partial charge in [0.25, 0.3) is 5.91 Å². The first kappa shape index (κ1) is 22.5. The van der Waals surface area contributed by atoms with Crippen LogP contribution in [0.4, 0.5) is 5.69 Å². The Morgan fingerprint density at radius 3 is 2.45 bits per heavy atom. The molecule has 0 aromatic heterocycles. The van der Waals surface area contributed by atoms with E-state index in [1.165, 1.54) is 5.56 Å². The third-order valence-electron chi connectivity index (χ3n) is 4.08. The zero-order valence-electron chi connectivity index (χ0n) is 16.7. The van der Waals surface area contributed by atoms with Crippen molar-refractivity contribution in [2.75, 3.05) is 24.2 Å². The van der Waals surface area contributed by atoms with Gasteiger partial charge in [0.1, 0.15) is 0 Å². The Balaban J connectivity index is 1.61. The Morgan fingerprint density at radius 2 is 1.72 bits per heavy atom. The van der Waals surface area contributed by atoms with Gasteiger partial charge in [0, 0.05) is 16.3 Å². The minimum Gasteiger partial charge on any atom is -0.456 e. The van der Waals surface area contributed by atoms with Crippen LogP contribution in [-0.4, -0.2) is 36.7 Å². The zero-order valence-corrected chi connectivity index (χ0v) is 17.5. The monoisotopic (exact) mass is 414 g/mol. The number of benzene rings is 2. The first-order valence-electron chi connectivity index (χ1n) is 9.47. The van der Waals surface area contributed by atoms with E-state index in [-0.39, 0.29) is 18.9 Å². The average Bonchev–Trinajstić information content (AvgIpc) is 2.72. The Labute approximate surface area is 175 Å². The van der Waals surface area contributed by atoms with Crippen LogP contribution in [0.1, 0.15) is 24.5 Å². The number of para-hydroxylation sites is 1. The lowest BCUT2D eigenvalue weighted by atomic mass is 10.1. The average molecular weight is 415 g/mol. The van der Waals surface area contributed by atoms with E-state index in [0.717, 1.165) is 22.6 Å². The maximum Gasteiger partial charge on any atom is 0.307 e. The molecule has 0 aliphatic carbocycles. The number of hydrogen-bond donors (Lipinski definition) is 2. The van der Waals surface area contributed by atoms with Crippen LogP contribution in [0.3, 0.4) is 0 Å². The van der Waals surface area contributed by atoms with Crippen LogP contribution >= 0.6 is 11.8 Å². The van der Waals surface area contributed by atoms with Crippen LogP contribution in [-0.2, 0) is 25.5 Å². The normalized spacial score (nSPS) is 10.3. The summed E-state index contributed by atoms with van der Waals surface area (Å²) in [4.78, 5) is 36.6. The highest BCUT2D eigenvalue weighted by Crippen LogP contribution is 2.19. The van der Waals surface area contributed by atoms with E-state index in [1.54, 1.807) is 11.8 Å². The van der Waals surface area contributed by atoms with E-state index in [1.807, 2.05) is 62.4 Å². The van der Waals surface area contributed by atoms with Crippen LogP contribution < -0.4 is 10.6 Å². The summed E-state index contributed by atoms with van der Waals surface area (Å²) < 4.78 is 4.95. The predicted molar refractivity (Wildman–Crippen MR) is 115 cm³/mol. The molecule has 0 saturated heterocycles. The maximum atomic E-state index is 12.0. The Bertz CT molecular complexity index is 837. The summed E-state index contributed by atoms with van der Waals surface area (Å²) in [6.45, 7) is 3.44. The van der Waals surface area contributed by atoms with Gasteiger partial charge in [-0.15, -0.1) is 11.8 Å². The quantitative estimate of drug-likeness (QED) is 0.460. The molecule has 0 bridgehead atoms. The summed E-state index contributed by atoms with van der Waals surface area (Å²) in [7, 11) is 0. The van der Waals surface area contributed by atoms with Gasteiger partial charge in [-0.3, -0.25) is 14.4 Å². The summed E-state index contributed by atoms with van der Waals surface area (Å²) >= 11 is 1.56. The lowest BCUT2D eigenvalue weighted by Crippen LogP contribution is -2.35. The van der Waals surface area contributed by atoms with Gasteiger partial charge in [0.05, 0.1) is 13.0 Å². The molecule has 0 atom stereocenters. The second-order valence-corrected chi connectivity index (χ2v) is 7.58. The fraction of sp³-hybridized carbons (Fsp3) is 0.318. The molecule has 6 nitrogen and oxygen atoms in total. The highest BCUT2D eigenvalue weighted by molar-refractivity contribution is 7.99. The number of thioether (sulfide) groups is 1. The smallest absolute Gasteiger partial charge is 0.307 e. The summed E-state index contributed by atoms with van der Waals surface area (Å²) in [5, 5.41) is 5.21. The van der Waals surface area contributed by atoms with Crippen molar-refractivity contribution >= 4 is 35.2 Å². The fourth-order valence-electron chi connectivity index (χ4n) is 2.48. The molecule has 0 aliphatic rings. The molecule has 7 heteroatoms. The van der Waals surface area contributed by atoms with Crippen LogP contribution in [0, 0.1) is 6.92 Å². The molecule has 0 saturated carbocycles. The number of ether oxygens (including phenoxy) is 1. The number of aryl methyl sites for hydroxylation is 2. The van der Waals surface area contributed by atoms with Gasteiger partial charge in [0.15, 0.2) is 6.61 Å². The molecule has 2 rings (SSSR count). The van der Waals surface area contributed by atoms with Gasteiger partial charge in [-0.1, -0.05) is 42.8 Å². The molecule has 0 heterocycles. The lowest BCUT2D eigenvalue weighted by molar-refractivity contribution is -0.148. The SMILES string of the molecule is CCc1ccccc1NC(=O)CNC(=O)COC(=O)CCSc1ccc(C)cc1. The minimum atomic E-state index is -0.511. The van der Waals surface area contributed by atoms with Crippen molar-refractivity contribution in [3.63, 3.8) is 0 Å². The van der Waals surface area contributed by atoms with Gasteiger partial charge >= 0.3 is 5.97 Å². The summed E-state index contributed by atoms with van der Waals surface area (Å²) in [6, 6.07) is 15.5. The maximum absolute atomic E-state index is 12.0. The largest absolute Gasteiger partial charge is 0.456 e. The lowest BCUT2D eigenvalue weighted by Gasteiger charge is -2.10. The van der Waals surface area contributed by atoms with Gasteiger partial charge in [-0.2, -0.15) is 0 Å². The molecule has 0 aliphatic heterocycles. The topological polar surface area (TPSA) is 84.5 Å². The Hall–Kier alpha value is -2.80. The van der Waals surface area contributed by atoms with Crippen molar-refractivity contribution in [3.8, 4) is 0 Å². The van der Waals surface area contributed by atoms with Gasteiger partial charge in [-0.05, 0) is 37.1 Å². The third-order valence-corrected chi connectivity index (χ3v) is 5.09. The van der Waals surface area contributed by atoms with Gasteiger partial charge < -0.3 is 15.4 Å². The Kier molecular flexibility index (Phi) is 9.24. The number of nitrogens with one attached hydrogen (secondary N) is 2. The highest BCUT2D eigenvalue weighted by Gasteiger charge is 2.10. The standard InChI is InChI=1S/C22H26N2O4S/c1-3-17-6-4-5-7-19(17)24-20(25)14-23-21(26)15-28-22(27)12-13-29-18-10-8-16(2)9-11-18/h4-11H,3,12-15H2,1-2H3,(H,23,26)(H,24,25). The molecule has 0 unspecified atom stereocenters. The minimum absolute atomic E-state index is 0.183. The number of anilines is 1. The molecular formula is C22H26N2O4S. The Morgan fingerprint density at radius 1 is 1.00 bits per heavy atom. The van der Waals surface area contributed by atoms with Gasteiger partial charge in [0.2, 0.25) is 5.91 Å². The van der Waals surface area contributed by atoms with Crippen molar-refractivity contribution in [2.45, 2.75) is 31.6 Å². The molecule has 2 aromatic rings. The third kappa shape index (κ3) is 8.39. The van der Waals surface area contributed by atoms with Crippen molar-refractivity contribution in [2.24, 2.45) is 0 Å². The molecule has 0 fully saturated rings. The number of esters is 1. The second kappa shape index (κ2) is 11.9. The van der Waals surface area contributed by atoms with Crippen LogP contribution in [0.2, 0.25) is 0 Å². The number of carbonyl (C=O) groups is 3. The van der Waals surface area contributed by atoms with Crippen molar-refractivity contribution < 1.29 is 19.1 Å². The molecule has 0 radical (unpaired) electrons. The summed E-state index contributed by atoms with van der Waals surface area (Å²) in [6.07, 6.45) is 1.00. The first-order valence-corrected chi connectivity index (χ1v) is 10.5. The molecule has 2 aromatic carbocycles. The van der Waals surface area contributed by atoms with Crippen LogP contribution in [0.25, 0.3) is 0 Å². The molecule has 29 heavy (non-hydrogen) atoms. The summed E-state index contributed by atoms with van der Waals surface area (Å²) in [5.74, 6) is -0.715. The van der Waals surface area contributed by atoms with Crippen molar-refractivity contribution in [1.29, 1.82) is 0 Å². The van der Waals surface area contributed by atoms with E-state index in [4.69, 9.17) is 4.74 Å². The predicted octanol–water partition coefficient (Wildman–Crippen LogP) is 3.34. The van der Waals surface area contributed by atoms with E-state index in [0.29, 0.717) is 5.75 Å². The second-order valence-electron chi connectivity index (χ2n) is 6.41. The van der Waals surface area contributed by atoms with Gasteiger partial charge in [-0.25, -0.2) is 0 Å². The van der Waals surface area contributed by atoms with Crippen molar-refractivity contribution in [1.82, 2.24) is 5.32 Å². The van der Waals surface area contributed by atoms with E-state index < -0.39 is 18.5 Å². The number of carbonyl (C=O) groups excluding carboxylic acids is 3. The van der Waals surface area contributed by atoms with E-state index in [9.17, 15) is 14.4 Å². The van der Waals surface area contributed by atoms with E-state index >= 15 is 0 Å². The van der Waals surface area contributed by atoms with E-state index in [2.05, 4.69) is 10.6 Å². The molecule has 2 amide bonds. The molecule has 0 spiro atoms. The molecule has 154 valence electrons. The fourth-order valence-corrected chi connectivity index (χ4v) is 3.31. The first-order chi connectivity index (χ1) is 14.0. The molecule has 2 N–H and O–H groups in total.